The van der Waals surface area contributed by atoms with Crippen molar-refractivity contribution in [2.45, 2.75) is 56.3 Å². The van der Waals surface area contributed by atoms with Gasteiger partial charge in [-0.15, -0.1) is 0 Å². The number of benzene rings is 10. The van der Waals surface area contributed by atoms with Gasteiger partial charge in [-0.25, -0.2) is 0 Å². The van der Waals surface area contributed by atoms with Crippen LogP contribution in [0.5, 0.6) is 0 Å². The Balaban J connectivity index is 0.967. The van der Waals surface area contributed by atoms with E-state index in [2.05, 4.69) is 261 Å². The molecule has 0 spiro atoms. The number of fused-ring (bicyclic) bond motifs is 8. The summed E-state index contributed by atoms with van der Waals surface area (Å²) in [5.74, 6) is 0.569. The number of hydrogen-bond donors (Lipinski definition) is 0. The van der Waals surface area contributed by atoms with Crippen LogP contribution < -0.4 is 0 Å². The SMILES string of the molecule is Cc1ccc(C(CCc2cc3c(c4ccccc24)-c2ccc(C(C)C(Cc4ccccc4)c4ccc5oc6ccccc6c5c4)cc2C3(c2ccccc2)c2ccccc2)c2ccc(-c3ccccn3)cc2)cc1. The summed E-state index contributed by atoms with van der Waals surface area (Å²) in [6, 6.07) is 92.8. The molecule has 0 saturated heterocycles. The molecule has 1 aliphatic rings. The van der Waals surface area contributed by atoms with Crippen molar-refractivity contribution in [1.29, 1.82) is 0 Å². The topological polar surface area (TPSA) is 26.0 Å². The van der Waals surface area contributed by atoms with Gasteiger partial charge in [0.2, 0.25) is 0 Å². The number of rotatable bonds is 13. The van der Waals surface area contributed by atoms with Crippen molar-refractivity contribution in [3.05, 3.63) is 316 Å². The van der Waals surface area contributed by atoms with Gasteiger partial charge in [-0.1, -0.05) is 231 Å². The largest absolute Gasteiger partial charge is 0.456 e. The number of hydrogen-bond acceptors (Lipinski definition) is 2. The van der Waals surface area contributed by atoms with E-state index in [0.717, 1.165) is 47.1 Å². The molecule has 10 aromatic carbocycles. The molecule has 2 nitrogen and oxygen atoms in total. The summed E-state index contributed by atoms with van der Waals surface area (Å²) in [7, 11) is 0. The number of para-hydroxylation sites is 1. The molecule has 2 heteroatoms. The predicted octanol–water partition coefficient (Wildman–Crippen LogP) is 18.4. The van der Waals surface area contributed by atoms with Crippen LogP contribution in [-0.4, -0.2) is 4.98 Å². The number of nitrogens with zero attached hydrogens (tertiary/aromatic N) is 1. The van der Waals surface area contributed by atoms with Crippen molar-refractivity contribution in [2.24, 2.45) is 0 Å². The minimum atomic E-state index is -0.580. The lowest BCUT2D eigenvalue weighted by Gasteiger charge is -2.35. The lowest BCUT2D eigenvalue weighted by atomic mass is 9.66. The molecule has 356 valence electrons. The van der Waals surface area contributed by atoms with Crippen LogP contribution in [-0.2, 0) is 18.3 Å². The third-order valence-electron chi connectivity index (χ3n) is 16.4. The minimum Gasteiger partial charge on any atom is -0.456 e. The summed E-state index contributed by atoms with van der Waals surface area (Å²) in [5, 5.41) is 4.97. The average Bonchev–Trinajstić information content (AvgIpc) is 4.00. The molecule has 0 bridgehead atoms. The Morgan fingerprint density at radius 1 is 0.473 bits per heavy atom. The Hall–Kier alpha value is -8.59. The van der Waals surface area contributed by atoms with Gasteiger partial charge in [-0.05, 0) is 146 Å². The molecule has 0 aliphatic heterocycles. The summed E-state index contributed by atoms with van der Waals surface area (Å²) in [6.45, 7) is 4.63. The van der Waals surface area contributed by atoms with Crippen LogP contribution in [0.2, 0.25) is 0 Å². The van der Waals surface area contributed by atoms with Gasteiger partial charge in [0.05, 0.1) is 11.1 Å². The smallest absolute Gasteiger partial charge is 0.135 e. The van der Waals surface area contributed by atoms with Crippen molar-refractivity contribution >= 4 is 32.7 Å². The van der Waals surface area contributed by atoms with Crippen LogP contribution in [0.4, 0.5) is 0 Å². The molecule has 13 rings (SSSR count). The average molecular weight is 952 g/mol. The molecular formula is C72H57NO. The van der Waals surface area contributed by atoms with E-state index in [-0.39, 0.29) is 17.8 Å². The molecule has 3 atom stereocenters. The first-order chi connectivity index (χ1) is 36.5. The highest BCUT2D eigenvalue weighted by atomic mass is 16.3. The highest BCUT2D eigenvalue weighted by Crippen LogP contribution is 2.59. The van der Waals surface area contributed by atoms with Crippen LogP contribution in [0.1, 0.15) is 92.3 Å². The van der Waals surface area contributed by atoms with E-state index in [1.165, 1.54) is 88.5 Å². The zero-order valence-corrected chi connectivity index (χ0v) is 42.0. The third-order valence-corrected chi connectivity index (χ3v) is 16.4. The van der Waals surface area contributed by atoms with E-state index in [1.54, 1.807) is 0 Å². The van der Waals surface area contributed by atoms with Gasteiger partial charge in [0.15, 0.2) is 0 Å². The summed E-state index contributed by atoms with van der Waals surface area (Å²) >= 11 is 0. The molecule has 1 aliphatic carbocycles. The van der Waals surface area contributed by atoms with Crippen LogP contribution in [0.3, 0.4) is 0 Å². The van der Waals surface area contributed by atoms with Crippen LogP contribution in [0, 0.1) is 6.92 Å². The number of furan rings is 1. The number of aromatic nitrogens is 1. The van der Waals surface area contributed by atoms with Crippen molar-refractivity contribution in [1.82, 2.24) is 4.98 Å². The van der Waals surface area contributed by atoms with Crippen LogP contribution in [0.15, 0.2) is 259 Å². The maximum atomic E-state index is 6.36. The Morgan fingerprint density at radius 3 is 1.77 bits per heavy atom. The number of aryl methyl sites for hydroxylation is 2. The quantitative estimate of drug-likeness (QED) is 0.115. The summed E-state index contributed by atoms with van der Waals surface area (Å²) < 4.78 is 6.36. The van der Waals surface area contributed by atoms with E-state index in [1.807, 2.05) is 12.3 Å². The van der Waals surface area contributed by atoms with Crippen molar-refractivity contribution in [3.63, 3.8) is 0 Å². The minimum absolute atomic E-state index is 0.174. The van der Waals surface area contributed by atoms with Gasteiger partial charge in [0.25, 0.3) is 0 Å². The van der Waals surface area contributed by atoms with E-state index in [4.69, 9.17) is 4.42 Å². The summed E-state index contributed by atoms with van der Waals surface area (Å²) in [5.41, 5.74) is 20.6. The predicted molar refractivity (Wildman–Crippen MR) is 307 cm³/mol. The highest BCUT2D eigenvalue weighted by Gasteiger charge is 2.47. The van der Waals surface area contributed by atoms with Crippen LogP contribution >= 0.6 is 0 Å². The lowest BCUT2D eigenvalue weighted by Crippen LogP contribution is -2.29. The molecule has 0 saturated carbocycles. The van der Waals surface area contributed by atoms with E-state index in [0.29, 0.717) is 0 Å². The van der Waals surface area contributed by atoms with Gasteiger partial charge in [-0.2, -0.15) is 0 Å². The van der Waals surface area contributed by atoms with Gasteiger partial charge >= 0.3 is 0 Å². The maximum Gasteiger partial charge on any atom is 0.135 e. The third kappa shape index (κ3) is 7.94. The Bertz CT molecular complexity index is 3890. The Labute approximate surface area is 434 Å². The summed E-state index contributed by atoms with van der Waals surface area (Å²) in [4.78, 5) is 4.66. The molecule has 2 aromatic heterocycles. The normalized spacial score (nSPS) is 13.9. The van der Waals surface area contributed by atoms with E-state index >= 15 is 0 Å². The molecule has 2 heterocycles. The fourth-order valence-electron chi connectivity index (χ4n) is 12.6. The van der Waals surface area contributed by atoms with Gasteiger partial charge in [-0.3, -0.25) is 4.98 Å². The molecule has 74 heavy (non-hydrogen) atoms. The maximum absolute atomic E-state index is 6.36. The first-order valence-electron chi connectivity index (χ1n) is 26.4. The molecule has 0 fully saturated rings. The van der Waals surface area contributed by atoms with E-state index < -0.39 is 5.41 Å². The first-order valence-corrected chi connectivity index (χ1v) is 26.4. The molecule has 0 radical (unpaired) electrons. The second kappa shape index (κ2) is 19.1. The highest BCUT2D eigenvalue weighted by molar-refractivity contribution is 6.06. The standard InChI is InChI=1S/C72H57NO/c1-48-29-31-51(32-30-48)59(52-33-35-53(36-34-52)68-27-16-17-43-73-68)40-38-56-47-67-71(62-26-13-12-24-60(56)62)63-41-37-54(46-66(63)72(67,57-20-8-4-9-21-57)58-22-10-5-11-23-58)49(2)64(44-50-18-6-3-7-19-50)55-39-42-70-65(45-55)61-25-14-15-28-69(61)74-70/h3-37,39,41-43,45-47,49,59,64H,38,40,44H2,1-2H3. The fraction of sp³-hybridized carbons (Fsp3) is 0.125. The zero-order chi connectivity index (χ0) is 49.6. The number of pyridine rings is 1. The monoisotopic (exact) mass is 951 g/mol. The van der Waals surface area contributed by atoms with Crippen molar-refractivity contribution in [2.75, 3.05) is 0 Å². The van der Waals surface area contributed by atoms with Gasteiger partial charge in [0, 0.05) is 28.5 Å². The zero-order valence-electron chi connectivity index (χ0n) is 42.0. The molecule has 0 amide bonds. The molecule has 12 aromatic rings. The first kappa shape index (κ1) is 45.3. The lowest BCUT2D eigenvalue weighted by molar-refractivity contribution is 0.571. The molecular weight excluding hydrogens is 895 g/mol. The van der Waals surface area contributed by atoms with E-state index in [9.17, 15) is 0 Å². The van der Waals surface area contributed by atoms with Crippen molar-refractivity contribution < 1.29 is 4.42 Å². The van der Waals surface area contributed by atoms with Crippen molar-refractivity contribution in [3.8, 4) is 22.4 Å². The second-order valence-corrected chi connectivity index (χ2v) is 20.6. The van der Waals surface area contributed by atoms with Crippen LogP contribution in [0.25, 0.3) is 55.1 Å². The Morgan fingerprint density at radius 2 is 1.07 bits per heavy atom. The molecule has 3 unspecified atom stereocenters. The molecule has 0 N–H and O–H groups in total. The fourth-order valence-corrected chi connectivity index (χ4v) is 12.6. The van der Waals surface area contributed by atoms with Gasteiger partial charge < -0.3 is 4.42 Å². The Kier molecular flexibility index (Phi) is 11.7. The second-order valence-electron chi connectivity index (χ2n) is 20.6. The summed E-state index contributed by atoms with van der Waals surface area (Å²) in [6.07, 6.45) is 4.64. The van der Waals surface area contributed by atoms with Gasteiger partial charge in [0.1, 0.15) is 11.2 Å².